The number of hydrogen-bond acceptors (Lipinski definition) is 6. The molecule has 1 saturated heterocycles. The predicted molar refractivity (Wildman–Crippen MR) is 112 cm³/mol. The summed E-state index contributed by atoms with van der Waals surface area (Å²) in [7, 11) is 0. The van der Waals surface area contributed by atoms with E-state index in [0.717, 1.165) is 28.3 Å². The third-order valence-electron chi connectivity index (χ3n) is 5.29. The summed E-state index contributed by atoms with van der Waals surface area (Å²) in [6.07, 6.45) is 3.08. The van der Waals surface area contributed by atoms with E-state index in [1.165, 1.54) is 21.4 Å². The molecule has 4 heterocycles. The predicted octanol–water partition coefficient (Wildman–Crippen LogP) is 5.51. The molecule has 1 atom stereocenters. The van der Waals surface area contributed by atoms with Crippen molar-refractivity contribution in [2.24, 2.45) is 0 Å². The van der Waals surface area contributed by atoms with E-state index < -0.39 is 0 Å². The average Bonchev–Trinajstić information content (AvgIpc) is 3.31. The topological polar surface area (TPSA) is 49.8 Å². The van der Waals surface area contributed by atoms with Gasteiger partial charge in [-0.2, -0.15) is 0 Å². The summed E-state index contributed by atoms with van der Waals surface area (Å²) in [5.41, 5.74) is 5.24. The molecule has 1 aliphatic heterocycles. The lowest BCUT2D eigenvalue weighted by atomic mass is 9.88. The Morgan fingerprint density at radius 2 is 2.12 bits per heavy atom. The number of anilines is 2. The van der Waals surface area contributed by atoms with Gasteiger partial charge in [-0.25, -0.2) is 9.97 Å². The fourth-order valence-corrected chi connectivity index (χ4v) is 5.86. The van der Waals surface area contributed by atoms with Gasteiger partial charge in [-0.05, 0) is 57.1 Å². The van der Waals surface area contributed by atoms with E-state index in [1.807, 2.05) is 23.0 Å². The molecule has 132 valence electrons. The maximum absolute atomic E-state index is 4.61. The standard InChI is InChI=1S/C20H20N4S2/c1-20(2)14(5-8-23-20)18-10-13-15(6-7-21-19(13)26-18)24-12-3-4-17-16(9-12)22-11-25-17/h3-4,6-7,9-11,14,23H,5,8H2,1-2H3,(H,21,24)/t14-/m1/s1. The van der Waals surface area contributed by atoms with Gasteiger partial charge >= 0.3 is 0 Å². The molecule has 0 bridgehead atoms. The Morgan fingerprint density at radius 3 is 2.96 bits per heavy atom. The van der Waals surface area contributed by atoms with Crippen LogP contribution in [0.5, 0.6) is 0 Å². The molecule has 6 heteroatoms. The van der Waals surface area contributed by atoms with E-state index in [2.05, 4.69) is 64.8 Å². The van der Waals surface area contributed by atoms with E-state index >= 15 is 0 Å². The highest BCUT2D eigenvalue weighted by atomic mass is 32.1. The van der Waals surface area contributed by atoms with Crippen molar-refractivity contribution in [1.29, 1.82) is 0 Å². The maximum atomic E-state index is 4.61. The van der Waals surface area contributed by atoms with Crippen molar-refractivity contribution in [1.82, 2.24) is 15.3 Å². The third-order valence-corrected chi connectivity index (χ3v) is 7.26. The second-order valence-electron chi connectivity index (χ2n) is 7.38. The highest BCUT2D eigenvalue weighted by Gasteiger charge is 2.36. The van der Waals surface area contributed by atoms with Gasteiger partial charge in [-0.1, -0.05) is 0 Å². The summed E-state index contributed by atoms with van der Waals surface area (Å²) >= 11 is 3.49. The van der Waals surface area contributed by atoms with Crippen LogP contribution in [-0.4, -0.2) is 22.1 Å². The molecule has 1 aliphatic rings. The van der Waals surface area contributed by atoms with Crippen molar-refractivity contribution in [2.45, 2.75) is 31.7 Å². The Morgan fingerprint density at radius 1 is 1.19 bits per heavy atom. The van der Waals surface area contributed by atoms with Crippen molar-refractivity contribution >= 4 is 54.5 Å². The van der Waals surface area contributed by atoms with Gasteiger partial charge in [0, 0.05) is 33.6 Å². The van der Waals surface area contributed by atoms with Crippen LogP contribution in [0.25, 0.3) is 20.4 Å². The smallest absolute Gasteiger partial charge is 0.125 e. The first-order chi connectivity index (χ1) is 12.6. The SMILES string of the molecule is CC1(C)NCC[C@@H]1c1cc2c(Nc3ccc4scnc4c3)ccnc2s1. The highest BCUT2D eigenvalue weighted by Crippen LogP contribution is 2.42. The third kappa shape index (κ3) is 2.69. The summed E-state index contributed by atoms with van der Waals surface area (Å²) in [5.74, 6) is 0.543. The Bertz CT molecular complexity index is 1100. The fourth-order valence-electron chi connectivity index (χ4n) is 3.85. The van der Waals surface area contributed by atoms with Gasteiger partial charge in [0.25, 0.3) is 0 Å². The molecular weight excluding hydrogens is 360 g/mol. The van der Waals surface area contributed by atoms with Crippen LogP contribution in [0.4, 0.5) is 11.4 Å². The quantitative estimate of drug-likeness (QED) is 0.492. The minimum atomic E-state index is 0.143. The largest absolute Gasteiger partial charge is 0.355 e. The molecule has 0 amide bonds. The van der Waals surface area contributed by atoms with Crippen LogP contribution >= 0.6 is 22.7 Å². The van der Waals surface area contributed by atoms with E-state index in [1.54, 1.807) is 11.3 Å². The molecule has 2 N–H and O–H groups in total. The molecule has 0 spiro atoms. The number of thiophene rings is 1. The lowest BCUT2D eigenvalue weighted by Gasteiger charge is -2.26. The van der Waals surface area contributed by atoms with Crippen molar-refractivity contribution in [3.63, 3.8) is 0 Å². The van der Waals surface area contributed by atoms with E-state index in [0.29, 0.717) is 5.92 Å². The second kappa shape index (κ2) is 6.01. The summed E-state index contributed by atoms with van der Waals surface area (Å²) in [4.78, 5) is 11.6. The van der Waals surface area contributed by atoms with Crippen LogP contribution in [0.1, 0.15) is 31.1 Å². The number of fused-ring (bicyclic) bond motifs is 2. The Hall–Kier alpha value is -2.02. The van der Waals surface area contributed by atoms with Gasteiger partial charge in [0.2, 0.25) is 0 Å². The van der Waals surface area contributed by atoms with Gasteiger partial charge in [-0.15, -0.1) is 22.7 Å². The zero-order valence-electron chi connectivity index (χ0n) is 14.7. The molecule has 4 nitrogen and oxygen atoms in total. The summed E-state index contributed by atoms with van der Waals surface area (Å²) < 4.78 is 1.21. The van der Waals surface area contributed by atoms with Crippen LogP contribution in [0, 0.1) is 0 Å². The number of pyridine rings is 1. The lowest BCUT2D eigenvalue weighted by Crippen LogP contribution is -2.36. The molecule has 0 aliphatic carbocycles. The molecule has 3 aromatic heterocycles. The number of nitrogens with one attached hydrogen (secondary N) is 2. The zero-order valence-corrected chi connectivity index (χ0v) is 16.4. The number of hydrogen-bond donors (Lipinski definition) is 2. The minimum absolute atomic E-state index is 0.143. The van der Waals surface area contributed by atoms with Crippen LogP contribution in [-0.2, 0) is 0 Å². The molecular formula is C20H20N4S2. The Labute approximate surface area is 160 Å². The Kier molecular flexibility index (Phi) is 3.74. The first-order valence-corrected chi connectivity index (χ1v) is 10.5. The van der Waals surface area contributed by atoms with Crippen molar-refractivity contribution in [3.05, 3.63) is 46.9 Å². The van der Waals surface area contributed by atoms with Crippen LogP contribution in [0.3, 0.4) is 0 Å². The molecule has 0 saturated carbocycles. The first-order valence-electron chi connectivity index (χ1n) is 8.84. The van der Waals surface area contributed by atoms with Crippen LogP contribution in [0.2, 0.25) is 0 Å². The van der Waals surface area contributed by atoms with E-state index in [9.17, 15) is 0 Å². The van der Waals surface area contributed by atoms with Gasteiger partial charge in [0.1, 0.15) is 4.83 Å². The number of rotatable bonds is 3. The first kappa shape index (κ1) is 16.2. The fraction of sp³-hybridized carbons (Fsp3) is 0.300. The van der Waals surface area contributed by atoms with Gasteiger partial charge in [0.15, 0.2) is 0 Å². The molecule has 0 radical (unpaired) electrons. The highest BCUT2D eigenvalue weighted by molar-refractivity contribution is 7.18. The molecule has 26 heavy (non-hydrogen) atoms. The summed E-state index contributed by atoms with van der Waals surface area (Å²) in [6.45, 7) is 5.67. The average molecular weight is 381 g/mol. The number of benzene rings is 1. The lowest BCUT2D eigenvalue weighted by molar-refractivity contribution is 0.415. The number of nitrogens with zero attached hydrogens (tertiary/aromatic N) is 2. The van der Waals surface area contributed by atoms with E-state index in [4.69, 9.17) is 0 Å². The molecule has 1 aromatic carbocycles. The van der Waals surface area contributed by atoms with Crippen molar-refractivity contribution < 1.29 is 0 Å². The monoisotopic (exact) mass is 380 g/mol. The number of aromatic nitrogens is 2. The van der Waals surface area contributed by atoms with Gasteiger partial charge in [-0.3, -0.25) is 0 Å². The van der Waals surface area contributed by atoms with Crippen LogP contribution < -0.4 is 10.6 Å². The minimum Gasteiger partial charge on any atom is -0.355 e. The molecule has 5 rings (SSSR count). The van der Waals surface area contributed by atoms with Gasteiger partial charge in [0.05, 0.1) is 21.4 Å². The summed E-state index contributed by atoms with van der Waals surface area (Å²) in [6, 6.07) is 10.7. The number of thiazole rings is 1. The molecule has 4 aromatic rings. The van der Waals surface area contributed by atoms with Gasteiger partial charge < -0.3 is 10.6 Å². The van der Waals surface area contributed by atoms with Crippen LogP contribution in [0.15, 0.2) is 42.0 Å². The molecule has 0 unspecified atom stereocenters. The van der Waals surface area contributed by atoms with Crippen molar-refractivity contribution in [2.75, 3.05) is 11.9 Å². The maximum Gasteiger partial charge on any atom is 0.125 e. The van der Waals surface area contributed by atoms with E-state index in [-0.39, 0.29) is 5.54 Å². The molecule has 1 fully saturated rings. The Balaban J connectivity index is 1.53. The van der Waals surface area contributed by atoms with Crippen molar-refractivity contribution in [3.8, 4) is 0 Å². The second-order valence-corrected chi connectivity index (χ2v) is 9.32. The normalized spacial score (nSPS) is 19.4. The summed E-state index contributed by atoms with van der Waals surface area (Å²) in [5, 5.41) is 8.39. The zero-order chi connectivity index (χ0) is 17.7.